The summed E-state index contributed by atoms with van der Waals surface area (Å²) in [6.07, 6.45) is 0. The van der Waals surface area contributed by atoms with Crippen molar-refractivity contribution in [2.24, 2.45) is 0 Å². The van der Waals surface area contributed by atoms with E-state index in [0.717, 1.165) is 11.3 Å². The molecule has 3 nitrogen and oxygen atoms in total. The number of rotatable bonds is 2. The zero-order valence-corrected chi connectivity index (χ0v) is 12.2. The van der Waals surface area contributed by atoms with Gasteiger partial charge in [-0.1, -0.05) is 47.9 Å². The van der Waals surface area contributed by atoms with Crippen molar-refractivity contribution in [2.45, 2.75) is 26.0 Å². The number of ether oxygens (including phenoxy) is 1. The maximum atomic E-state index is 12.7. The number of para-hydroxylation sites is 1. The van der Waals surface area contributed by atoms with Crippen molar-refractivity contribution in [2.75, 3.05) is 4.90 Å². The van der Waals surface area contributed by atoms with Crippen LogP contribution in [0.2, 0.25) is 0 Å². The molecule has 104 valence electrons. The number of anilines is 1. The minimum atomic E-state index is -0.919. The molecule has 4 heteroatoms. The normalized spacial score (nSPS) is 16.3. The lowest BCUT2D eigenvalue weighted by Crippen LogP contribution is -2.53. The summed E-state index contributed by atoms with van der Waals surface area (Å²) in [5, 5.41) is 0. The highest BCUT2D eigenvalue weighted by atomic mass is 16.5. The molecule has 21 heavy (non-hydrogen) atoms. The fourth-order valence-corrected chi connectivity index (χ4v) is 2.52. The Balaban J connectivity index is 2.06. The van der Waals surface area contributed by atoms with Crippen molar-refractivity contribution in [3.8, 4) is 5.75 Å². The van der Waals surface area contributed by atoms with Crippen LogP contribution in [-0.4, -0.2) is 19.4 Å². The molecule has 0 atom stereocenters. The van der Waals surface area contributed by atoms with Gasteiger partial charge in [0.2, 0.25) is 0 Å². The monoisotopic (exact) mass is 277 g/mol. The van der Waals surface area contributed by atoms with E-state index >= 15 is 0 Å². The smallest absolute Gasteiger partial charge is 0.271 e. The highest BCUT2D eigenvalue weighted by Crippen LogP contribution is 2.36. The molecule has 1 heterocycles. The molecule has 0 aliphatic carbocycles. The standard InChI is InChI=1S/C17H16BNO2/c1-17(2)16(20)19(11-12-7-4-3-5-8-12)14-10-6-9-13(18)15(14)21-17/h3-10H,11H2,1-2H3. The molecule has 2 aromatic rings. The summed E-state index contributed by atoms with van der Waals surface area (Å²) in [5.74, 6) is 0.516. The van der Waals surface area contributed by atoms with Gasteiger partial charge in [0.1, 0.15) is 13.6 Å². The van der Waals surface area contributed by atoms with Crippen molar-refractivity contribution in [3.05, 3.63) is 54.1 Å². The molecular formula is C17H16BNO2. The largest absolute Gasteiger partial charge is 0.476 e. The summed E-state index contributed by atoms with van der Waals surface area (Å²) in [6, 6.07) is 15.4. The number of hydrogen-bond acceptors (Lipinski definition) is 2. The van der Waals surface area contributed by atoms with Crippen LogP contribution < -0.4 is 15.1 Å². The minimum Gasteiger partial charge on any atom is -0.476 e. The van der Waals surface area contributed by atoms with Gasteiger partial charge in [0.25, 0.3) is 5.91 Å². The van der Waals surface area contributed by atoms with Gasteiger partial charge in [0, 0.05) is 0 Å². The van der Waals surface area contributed by atoms with Crippen LogP contribution in [0.5, 0.6) is 5.75 Å². The first kappa shape index (κ1) is 13.7. The number of carbonyl (C=O) groups excluding carboxylic acids is 1. The molecule has 2 radical (unpaired) electrons. The molecule has 0 saturated carbocycles. The van der Waals surface area contributed by atoms with E-state index < -0.39 is 5.60 Å². The summed E-state index contributed by atoms with van der Waals surface area (Å²) in [5.41, 5.74) is 1.42. The molecule has 0 saturated heterocycles. The first-order chi connectivity index (χ1) is 9.99. The number of hydrogen-bond donors (Lipinski definition) is 0. The Morgan fingerprint density at radius 3 is 2.52 bits per heavy atom. The Kier molecular flexibility index (Phi) is 3.24. The molecule has 0 N–H and O–H groups in total. The highest BCUT2D eigenvalue weighted by Gasteiger charge is 2.41. The molecule has 2 aromatic carbocycles. The highest BCUT2D eigenvalue weighted by molar-refractivity contribution is 6.35. The van der Waals surface area contributed by atoms with Gasteiger partial charge in [-0.15, -0.1) is 0 Å². The van der Waals surface area contributed by atoms with Crippen molar-refractivity contribution in [1.82, 2.24) is 0 Å². The van der Waals surface area contributed by atoms with E-state index in [0.29, 0.717) is 17.8 Å². The second kappa shape index (κ2) is 4.95. The third-order valence-electron chi connectivity index (χ3n) is 3.62. The zero-order valence-electron chi connectivity index (χ0n) is 12.2. The Morgan fingerprint density at radius 1 is 1.10 bits per heavy atom. The topological polar surface area (TPSA) is 29.5 Å². The summed E-state index contributed by atoms with van der Waals surface area (Å²) in [4.78, 5) is 14.4. The van der Waals surface area contributed by atoms with Crippen LogP contribution in [-0.2, 0) is 11.3 Å². The van der Waals surface area contributed by atoms with E-state index in [2.05, 4.69) is 0 Å². The fourth-order valence-electron chi connectivity index (χ4n) is 2.52. The first-order valence-corrected chi connectivity index (χ1v) is 6.92. The van der Waals surface area contributed by atoms with Gasteiger partial charge in [-0.3, -0.25) is 4.79 Å². The molecule has 0 spiro atoms. The molecule has 0 unspecified atom stereocenters. The summed E-state index contributed by atoms with van der Waals surface area (Å²) in [7, 11) is 6.00. The van der Waals surface area contributed by atoms with Gasteiger partial charge in [-0.25, -0.2) is 0 Å². The van der Waals surface area contributed by atoms with Gasteiger partial charge < -0.3 is 9.64 Å². The summed E-state index contributed by atoms with van der Waals surface area (Å²) >= 11 is 0. The van der Waals surface area contributed by atoms with Crippen molar-refractivity contribution in [3.63, 3.8) is 0 Å². The average Bonchev–Trinajstić information content (AvgIpc) is 2.46. The molecule has 1 aliphatic heterocycles. The van der Waals surface area contributed by atoms with Crippen LogP contribution in [0.15, 0.2) is 48.5 Å². The van der Waals surface area contributed by atoms with E-state index in [9.17, 15) is 4.79 Å². The van der Waals surface area contributed by atoms with Gasteiger partial charge in [0.15, 0.2) is 5.60 Å². The molecule has 0 aromatic heterocycles. The lowest BCUT2D eigenvalue weighted by Gasteiger charge is -2.39. The molecule has 3 rings (SSSR count). The Labute approximate surface area is 125 Å². The number of amides is 1. The van der Waals surface area contributed by atoms with Gasteiger partial charge in [0.05, 0.1) is 12.2 Å². The number of fused-ring (bicyclic) bond motifs is 1. The Hall–Kier alpha value is -2.23. The average molecular weight is 277 g/mol. The fraction of sp³-hybridized carbons (Fsp3) is 0.235. The predicted octanol–water partition coefficient (Wildman–Crippen LogP) is 2.18. The van der Waals surface area contributed by atoms with Crippen LogP contribution in [0.25, 0.3) is 0 Å². The lowest BCUT2D eigenvalue weighted by molar-refractivity contribution is -0.132. The van der Waals surface area contributed by atoms with Crippen LogP contribution in [0, 0.1) is 0 Å². The quantitative estimate of drug-likeness (QED) is 0.787. The lowest BCUT2D eigenvalue weighted by atomic mass is 9.91. The molecule has 0 bridgehead atoms. The van der Waals surface area contributed by atoms with Crippen LogP contribution in [0.4, 0.5) is 5.69 Å². The van der Waals surface area contributed by atoms with Gasteiger partial charge in [-0.05, 0) is 25.5 Å². The van der Waals surface area contributed by atoms with Crippen LogP contribution >= 0.6 is 0 Å². The van der Waals surface area contributed by atoms with Crippen molar-refractivity contribution >= 4 is 24.9 Å². The van der Waals surface area contributed by atoms with Gasteiger partial charge in [-0.2, -0.15) is 0 Å². The van der Waals surface area contributed by atoms with E-state index in [1.54, 1.807) is 24.8 Å². The zero-order chi connectivity index (χ0) is 15.0. The number of benzene rings is 2. The minimum absolute atomic E-state index is 0.0653. The number of carbonyl (C=O) groups is 1. The Bertz CT molecular complexity index is 682. The van der Waals surface area contributed by atoms with E-state index in [1.165, 1.54) is 0 Å². The van der Waals surface area contributed by atoms with Crippen LogP contribution in [0.1, 0.15) is 19.4 Å². The van der Waals surface area contributed by atoms with E-state index in [-0.39, 0.29) is 5.91 Å². The van der Waals surface area contributed by atoms with E-state index in [1.807, 2.05) is 42.5 Å². The van der Waals surface area contributed by atoms with Crippen LogP contribution in [0.3, 0.4) is 0 Å². The molecule has 1 aliphatic rings. The summed E-state index contributed by atoms with van der Waals surface area (Å²) < 4.78 is 5.81. The molecule has 1 amide bonds. The third-order valence-corrected chi connectivity index (χ3v) is 3.62. The first-order valence-electron chi connectivity index (χ1n) is 6.92. The third kappa shape index (κ3) is 2.42. The predicted molar refractivity (Wildman–Crippen MR) is 84.2 cm³/mol. The van der Waals surface area contributed by atoms with E-state index in [4.69, 9.17) is 12.6 Å². The number of nitrogens with zero attached hydrogens (tertiary/aromatic N) is 1. The maximum absolute atomic E-state index is 12.7. The van der Waals surface area contributed by atoms with Gasteiger partial charge >= 0.3 is 0 Å². The SMILES string of the molecule is [B]c1cccc2c1OC(C)(C)C(=O)N2Cc1ccccc1. The molecule has 0 fully saturated rings. The van der Waals surface area contributed by atoms with Crippen molar-refractivity contribution < 1.29 is 9.53 Å². The summed E-state index contributed by atoms with van der Waals surface area (Å²) in [6.45, 7) is 4.04. The molecular weight excluding hydrogens is 261 g/mol. The second-order valence-electron chi connectivity index (χ2n) is 5.68. The van der Waals surface area contributed by atoms with Crippen molar-refractivity contribution in [1.29, 1.82) is 0 Å². The Morgan fingerprint density at radius 2 is 1.81 bits per heavy atom. The second-order valence-corrected chi connectivity index (χ2v) is 5.68. The maximum Gasteiger partial charge on any atom is 0.271 e.